The molecule has 0 bridgehead atoms. The predicted molar refractivity (Wildman–Crippen MR) is 107 cm³/mol. The van der Waals surface area contributed by atoms with E-state index in [1.165, 1.54) is 51.4 Å². The zero-order chi connectivity index (χ0) is 18.8. The third-order valence-electron chi connectivity index (χ3n) is 5.00. The van der Waals surface area contributed by atoms with Gasteiger partial charge in [0.15, 0.2) is 6.10 Å². The summed E-state index contributed by atoms with van der Waals surface area (Å²) in [7, 11) is 13.7. The van der Waals surface area contributed by atoms with Gasteiger partial charge >= 0.3 is 0 Å². The van der Waals surface area contributed by atoms with Crippen molar-refractivity contribution in [1.82, 2.24) is 0 Å². The van der Waals surface area contributed by atoms with E-state index in [1.54, 1.807) is 0 Å². The molecule has 0 saturated carbocycles. The molecule has 0 radical (unpaired) electrons. The first-order valence-electron chi connectivity index (χ1n) is 10.3. The van der Waals surface area contributed by atoms with Gasteiger partial charge in [-0.25, -0.2) is 0 Å². The van der Waals surface area contributed by atoms with Gasteiger partial charge in [-0.3, -0.25) is 8.97 Å². The van der Waals surface area contributed by atoms with Gasteiger partial charge in [0, 0.05) is 0 Å². The van der Waals surface area contributed by atoms with Gasteiger partial charge in [-0.2, -0.15) is 0 Å². The fraction of sp³-hybridized carbons (Fsp3) is 1.00. The molecule has 0 heterocycles. The molecular formula is C21H48Cl2N2O. The molecule has 0 aromatic carbocycles. The summed E-state index contributed by atoms with van der Waals surface area (Å²) in [4.78, 5) is 0. The lowest BCUT2D eigenvalue weighted by atomic mass is 10.0. The minimum absolute atomic E-state index is 0. The van der Waals surface area contributed by atoms with E-state index in [9.17, 15) is 0 Å². The van der Waals surface area contributed by atoms with Crippen molar-refractivity contribution in [2.45, 2.75) is 96.9 Å². The van der Waals surface area contributed by atoms with E-state index in [4.69, 9.17) is 4.74 Å². The summed E-state index contributed by atoms with van der Waals surface area (Å²) in [6, 6.07) is 0. The van der Waals surface area contributed by atoms with Crippen molar-refractivity contribution in [3.05, 3.63) is 0 Å². The van der Waals surface area contributed by atoms with E-state index in [1.807, 2.05) is 0 Å². The minimum atomic E-state index is 0. The van der Waals surface area contributed by atoms with E-state index >= 15 is 0 Å². The Morgan fingerprint density at radius 1 is 0.692 bits per heavy atom. The van der Waals surface area contributed by atoms with Gasteiger partial charge in [0.1, 0.15) is 0 Å². The number of nitrogens with zero attached hydrogens (tertiary/aromatic N) is 2. The predicted octanol–water partition coefficient (Wildman–Crippen LogP) is -0.943. The van der Waals surface area contributed by atoms with Crippen LogP contribution in [0.3, 0.4) is 0 Å². The Labute approximate surface area is 177 Å². The number of likely N-dealkylation sites (N-methyl/N-ethyl adjacent to an activating group) is 2. The summed E-state index contributed by atoms with van der Waals surface area (Å²) < 4.78 is 8.39. The first kappa shape index (κ1) is 31.2. The second kappa shape index (κ2) is 15.4. The fourth-order valence-electron chi connectivity index (χ4n) is 4.37. The summed E-state index contributed by atoms with van der Waals surface area (Å²) in [6.45, 7) is 6.82. The van der Waals surface area contributed by atoms with Crippen LogP contribution >= 0.6 is 0 Å². The molecule has 2 unspecified atom stereocenters. The normalized spacial score (nSPS) is 14.5. The molecule has 0 spiro atoms. The van der Waals surface area contributed by atoms with Crippen LogP contribution in [0.25, 0.3) is 0 Å². The van der Waals surface area contributed by atoms with Crippen LogP contribution in [-0.2, 0) is 4.74 Å². The number of ether oxygens (including phenoxy) is 1. The number of hydrogen-bond acceptors (Lipinski definition) is 1. The molecule has 0 saturated heterocycles. The molecular weight excluding hydrogens is 367 g/mol. The average molecular weight is 416 g/mol. The van der Waals surface area contributed by atoms with Crippen LogP contribution in [0.2, 0.25) is 0 Å². The Balaban J connectivity index is -0.00000264. The Bertz CT molecular complexity index is 300. The summed E-state index contributed by atoms with van der Waals surface area (Å²) in [5.41, 5.74) is 0. The van der Waals surface area contributed by atoms with E-state index in [0.717, 1.165) is 15.4 Å². The number of halogens is 2. The Morgan fingerprint density at radius 2 is 1.12 bits per heavy atom. The standard InChI is InChI=1S/C21H48N2O.2ClH/c1-10-12-13-14-15-16-17-18-20(11-2)24-19(3)21(22(4,5)6)23(7,8)9;;/h19-21H,10-18H2,1-9H3;2*1H/q+2;;/p-2. The molecule has 0 aliphatic heterocycles. The molecule has 5 heteroatoms. The second-order valence-corrected chi connectivity index (χ2v) is 9.43. The third-order valence-corrected chi connectivity index (χ3v) is 5.00. The monoisotopic (exact) mass is 414 g/mol. The maximum Gasteiger partial charge on any atom is 0.241 e. The van der Waals surface area contributed by atoms with E-state index in [2.05, 4.69) is 63.1 Å². The summed E-state index contributed by atoms with van der Waals surface area (Å²) >= 11 is 0. The summed E-state index contributed by atoms with van der Waals surface area (Å²) in [6.07, 6.45) is 13.1. The van der Waals surface area contributed by atoms with Crippen molar-refractivity contribution < 1.29 is 38.5 Å². The second-order valence-electron chi connectivity index (χ2n) is 9.43. The molecule has 26 heavy (non-hydrogen) atoms. The van der Waals surface area contributed by atoms with Crippen molar-refractivity contribution in [2.75, 3.05) is 42.3 Å². The Kier molecular flexibility index (Phi) is 18.4. The Hall–Kier alpha value is 0.460. The highest BCUT2D eigenvalue weighted by Gasteiger charge is 2.42. The largest absolute Gasteiger partial charge is 1.00 e. The number of unbranched alkanes of at least 4 members (excludes halogenated alkanes) is 6. The number of hydrogen-bond donors (Lipinski definition) is 0. The quantitative estimate of drug-likeness (QED) is 0.202. The summed E-state index contributed by atoms with van der Waals surface area (Å²) in [5.74, 6) is 0. The van der Waals surface area contributed by atoms with Gasteiger partial charge in [-0.1, -0.05) is 58.8 Å². The first-order chi connectivity index (χ1) is 11.0. The molecule has 3 nitrogen and oxygen atoms in total. The van der Waals surface area contributed by atoms with Crippen LogP contribution < -0.4 is 24.8 Å². The topological polar surface area (TPSA) is 9.23 Å². The maximum atomic E-state index is 6.53. The molecule has 162 valence electrons. The van der Waals surface area contributed by atoms with E-state index in [0.29, 0.717) is 12.3 Å². The maximum absolute atomic E-state index is 6.53. The SMILES string of the molecule is CCCCCCCCCC(CC)OC(C)C([N+](C)(C)C)[N+](C)(C)C.[Cl-].[Cl-]. The number of rotatable bonds is 14. The van der Waals surface area contributed by atoms with Crippen LogP contribution in [0.1, 0.15) is 78.6 Å². The van der Waals surface area contributed by atoms with Gasteiger partial charge in [0.25, 0.3) is 0 Å². The third kappa shape index (κ3) is 13.6. The first-order valence-corrected chi connectivity index (χ1v) is 10.3. The molecule has 0 aliphatic rings. The van der Waals surface area contributed by atoms with Crippen LogP contribution in [0, 0.1) is 0 Å². The van der Waals surface area contributed by atoms with Crippen molar-refractivity contribution in [3.8, 4) is 0 Å². The van der Waals surface area contributed by atoms with Gasteiger partial charge in [0.2, 0.25) is 6.17 Å². The van der Waals surface area contributed by atoms with Gasteiger partial charge in [0.05, 0.1) is 48.4 Å². The zero-order valence-electron chi connectivity index (χ0n) is 19.2. The number of quaternary nitrogens is 2. The molecule has 0 fully saturated rings. The van der Waals surface area contributed by atoms with Gasteiger partial charge in [-0.15, -0.1) is 0 Å². The highest BCUT2D eigenvalue weighted by molar-refractivity contribution is 4.63. The minimum Gasteiger partial charge on any atom is -1.00 e. The van der Waals surface area contributed by atoms with Gasteiger partial charge < -0.3 is 29.6 Å². The van der Waals surface area contributed by atoms with Crippen molar-refractivity contribution >= 4 is 0 Å². The van der Waals surface area contributed by atoms with Gasteiger partial charge in [-0.05, 0) is 19.8 Å². The lowest BCUT2D eigenvalue weighted by Crippen LogP contribution is -3.00. The molecule has 2 atom stereocenters. The molecule has 0 aliphatic carbocycles. The van der Waals surface area contributed by atoms with Crippen LogP contribution in [0.5, 0.6) is 0 Å². The van der Waals surface area contributed by atoms with Crippen molar-refractivity contribution in [1.29, 1.82) is 0 Å². The van der Waals surface area contributed by atoms with Crippen LogP contribution in [0.4, 0.5) is 0 Å². The zero-order valence-corrected chi connectivity index (χ0v) is 20.7. The molecule has 0 amide bonds. The smallest absolute Gasteiger partial charge is 0.241 e. The lowest BCUT2D eigenvalue weighted by Gasteiger charge is -2.45. The van der Waals surface area contributed by atoms with E-state index in [-0.39, 0.29) is 30.9 Å². The van der Waals surface area contributed by atoms with Crippen LogP contribution in [-0.4, -0.2) is 69.6 Å². The molecule has 0 N–H and O–H groups in total. The summed E-state index contributed by atoms with van der Waals surface area (Å²) in [5, 5.41) is 0. The average Bonchev–Trinajstić information content (AvgIpc) is 2.41. The van der Waals surface area contributed by atoms with Crippen molar-refractivity contribution in [2.24, 2.45) is 0 Å². The van der Waals surface area contributed by atoms with E-state index < -0.39 is 0 Å². The highest BCUT2D eigenvalue weighted by Crippen LogP contribution is 2.22. The fourth-order valence-corrected chi connectivity index (χ4v) is 4.37. The Morgan fingerprint density at radius 3 is 1.50 bits per heavy atom. The lowest BCUT2D eigenvalue weighted by molar-refractivity contribution is -1.09. The highest BCUT2D eigenvalue weighted by atomic mass is 35.5. The van der Waals surface area contributed by atoms with Crippen molar-refractivity contribution in [3.63, 3.8) is 0 Å². The molecule has 0 rings (SSSR count). The van der Waals surface area contributed by atoms with Crippen LogP contribution in [0.15, 0.2) is 0 Å². The molecule has 0 aromatic heterocycles. The molecule has 0 aromatic rings.